The van der Waals surface area contributed by atoms with Crippen LogP contribution in [0.5, 0.6) is 0 Å². The third-order valence-corrected chi connectivity index (χ3v) is 4.36. The Bertz CT molecular complexity index is 798. The quantitative estimate of drug-likeness (QED) is 0.582. The maximum atomic E-state index is 14.6. The van der Waals surface area contributed by atoms with Crippen LogP contribution in [0.15, 0.2) is 60.7 Å². The molecular formula is C21H17ClFRb. The molecule has 24 heavy (non-hydrogen) atoms. The standard InChI is InChI=1S/C21H17ClF.Rb/c1-15-7-9-16(10-8-15)11-12-18-13-14-19(20(22)21(18)23)17-5-3-2-4-6-17;/h3-10,13-14H,11-12H2,1H3;/q-1;+1. The molecule has 0 bridgehead atoms. The number of hydrogen-bond acceptors (Lipinski definition) is 0. The first kappa shape index (κ1) is 20.0. The Labute approximate surface area is 196 Å². The Kier molecular flexibility index (Phi) is 7.84. The van der Waals surface area contributed by atoms with Crippen LogP contribution in [0.4, 0.5) is 4.39 Å². The molecule has 0 aliphatic rings. The van der Waals surface area contributed by atoms with E-state index in [0.29, 0.717) is 12.0 Å². The third kappa shape index (κ3) is 4.86. The second-order valence-corrected chi connectivity index (χ2v) is 6.05. The second-order valence-electron chi connectivity index (χ2n) is 5.67. The maximum absolute atomic E-state index is 14.6. The average Bonchev–Trinajstić information content (AvgIpc) is 2.58. The van der Waals surface area contributed by atoms with E-state index in [1.165, 1.54) is 11.1 Å². The molecule has 0 saturated heterocycles. The average molecular weight is 409 g/mol. The van der Waals surface area contributed by atoms with Crippen LogP contribution in [0.2, 0.25) is 5.02 Å². The van der Waals surface area contributed by atoms with E-state index in [1.807, 2.05) is 24.3 Å². The molecule has 0 aliphatic heterocycles. The van der Waals surface area contributed by atoms with Crippen molar-refractivity contribution in [1.29, 1.82) is 0 Å². The van der Waals surface area contributed by atoms with Gasteiger partial charge in [0.05, 0.1) is 5.02 Å². The molecule has 3 rings (SSSR count). The van der Waals surface area contributed by atoms with Gasteiger partial charge in [0, 0.05) is 0 Å². The molecule has 0 unspecified atom stereocenters. The number of rotatable bonds is 4. The van der Waals surface area contributed by atoms with Crippen molar-refractivity contribution in [2.45, 2.75) is 19.8 Å². The van der Waals surface area contributed by atoms with Gasteiger partial charge in [-0.2, -0.15) is 30.3 Å². The van der Waals surface area contributed by atoms with Crippen molar-refractivity contribution in [3.63, 3.8) is 0 Å². The molecular weight excluding hydrogens is 392 g/mol. The molecule has 0 amide bonds. The van der Waals surface area contributed by atoms with Crippen molar-refractivity contribution in [3.05, 3.63) is 94.3 Å². The first-order valence-electron chi connectivity index (χ1n) is 7.64. The summed E-state index contributed by atoms with van der Waals surface area (Å²) in [6.07, 6.45) is 1.44. The smallest absolute Gasteiger partial charge is 0.205 e. The second kappa shape index (κ2) is 9.40. The summed E-state index contributed by atoms with van der Waals surface area (Å²) in [5.74, 6) is -0.316. The number of aryl methyl sites for hydroxylation is 3. The van der Waals surface area contributed by atoms with Crippen molar-refractivity contribution >= 4 is 11.6 Å². The Morgan fingerprint density at radius 2 is 1.58 bits per heavy atom. The van der Waals surface area contributed by atoms with Gasteiger partial charge in [-0.05, 0) is 36.5 Å². The molecule has 0 atom stereocenters. The van der Waals surface area contributed by atoms with Crippen LogP contribution in [0.25, 0.3) is 11.1 Å². The first-order chi connectivity index (χ1) is 11.1. The van der Waals surface area contributed by atoms with Gasteiger partial charge < -0.3 is 0 Å². The molecule has 116 valence electrons. The van der Waals surface area contributed by atoms with Crippen molar-refractivity contribution in [2.24, 2.45) is 0 Å². The molecule has 0 nitrogen and oxygen atoms in total. The minimum Gasteiger partial charge on any atom is -0.205 e. The zero-order chi connectivity index (χ0) is 16.2. The predicted octanol–water partition coefficient (Wildman–Crippen LogP) is 3.04. The molecule has 0 N–H and O–H groups in total. The first-order valence-corrected chi connectivity index (χ1v) is 8.02. The molecule has 0 fully saturated rings. The summed E-state index contributed by atoms with van der Waals surface area (Å²) in [6, 6.07) is 22.4. The molecule has 0 saturated carbocycles. The fraction of sp³-hybridized carbons (Fsp3) is 0.143. The maximum Gasteiger partial charge on any atom is 1.00 e. The summed E-state index contributed by atoms with van der Waals surface area (Å²) < 4.78 is 14.6. The largest absolute Gasteiger partial charge is 1.00 e. The fourth-order valence-electron chi connectivity index (χ4n) is 2.61. The van der Waals surface area contributed by atoms with Gasteiger partial charge in [0.15, 0.2) is 0 Å². The summed E-state index contributed by atoms with van der Waals surface area (Å²) in [6.45, 7) is 2.06. The van der Waals surface area contributed by atoms with E-state index in [9.17, 15) is 4.39 Å². The summed E-state index contributed by atoms with van der Waals surface area (Å²) in [7, 11) is 0. The van der Waals surface area contributed by atoms with Gasteiger partial charge in [0.25, 0.3) is 0 Å². The van der Waals surface area contributed by atoms with Crippen LogP contribution >= 0.6 is 11.6 Å². The molecule has 0 radical (unpaired) electrons. The van der Waals surface area contributed by atoms with E-state index in [0.717, 1.165) is 17.5 Å². The van der Waals surface area contributed by atoms with Crippen LogP contribution in [-0.2, 0) is 12.8 Å². The third-order valence-electron chi connectivity index (χ3n) is 4.00. The van der Waals surface area contributed by atoms with E-state index in [4.69, 9.17) is 11.6 Å². The fourth-order valence-corrected chi connectivity index (χ4v) is 2.90. The zero-order valence-corrected chi connectivity index (χ0v) is 19.6. The normalized spacial score (nSPS) is 10.3. The van der Waals surface area contributed by atoms with Gasteiger partial charge in [-0.3, -0.25) is 0 Å². The van der Waals surface area contributed by atoms with Crippen LogP contribution in [0, 0.1) is 18.8 Å². The molecule has 0 heterocycles. The molecule has 3 heteroatoms. The Hall–Kier alpha value is -0.315. The summed E-state index contributed by atoms with van der Waals surface area (Å²) in [4.78, 5) is 0. The monoisotopic (exact) mass is 408 g/mol. The van der Waals surface area contributed by atoms with Crippen LogP contribution in [0.1, 0.15) is 16.7 Å². The predicted molar refractivity (Wildman–Crippen MR) is 94.3 cm³/mol. The Morgan fingerprint density at radius 3 is 2.25 bits per heavy atom. The van der Waals surface area contributed by atoms with E-state index < -0.39 is 0 Å². The van der Waals surface area contributed by atoms with Crippen LogP contribution < -0.4 is 58.2 Å². The SMILES string of the molecule is Cc1ccc(CCc2ccc(-c3cc[c-]cc3)c(Cl)c2F)cc1.[Rb+]. The molecule has 0 aliphatic carbocycles. The minimum absolute atomic E-state index is 0. The summed E-state index contributed by atoms with van der Waals surface area (Å²) >= 11 is 6.25. The zero-order valence-electron chi connectivity index (χ0n) is 13.9. The van der Waals surface area contributed by atoms with Gasteiger partial charge in [0.2, 0.25) is 0 Å². The molecule has 3 aromatic carbocycles. The van der Waals surface area contributed by atoms with Crippen molar-refractivity contribution in [1.82, 2.24) is 0 Å². The minimum atomic E-state index is -0.316. The molecule has 0 spiro atoms. The topological polar surface area (TPSA) is 0 Å². The van der Waals surface area contributed by atoms with E-state index in [-0.39, 0.29) is 69.0 Å². The van der Waals surface area contributed by atoms with Gasteiger partial charge in [-0.1, -0.05) is 53.6 Å². The molecule has 3 aromatic rings. The van der Waals surface area contributed by atoms with Gasteiger partial charge in [-0.25, -0.2) is 4.39 Å². The van der Waals surface area contributed by atoms with Crippen LogP contribution in [0.3, 0.4) is 0 Å². The van der Waals surface area contributed by atoms with Crippen molar-refractivity contribution in [2.75, 3.05) is 0 Å². The van der Waals surface area contributed by atoms with Crippen LogP contribution in [-0.4, -0.2) is 0 Å². The van der Waals surface area contributed by atoms with Gasteiger partial charge >= 0.3 is 58.2 Å². The number of hydrogen-bond donors (Lipinski definition) is 0. The van der Waals surface area contributed by atoms with Gasteiger partial charge in [-0.15, -0.1) is 5.56 Å². The number of halogens is 2. The van der Waals surface area contributed by atoms with Crippen molar-refractivity contribution < 1.29 is 62.6 Å². The van der Waals surface area contributed by atoms with E-state index >= 15 is 0 Å². The Morgan fingerprint density at radius 1 is 0.917 bits per heavy atom. The number of benzene rings is 3. The van der Waals surface area contributed by atoms with Crippen molar-refractivity contribution in [3.8, 4) is 11.1 Å². The Balaban J connectivity index is 0.00000208. The van der Waals surface area contributed by atoms with E-state index in [1.54, 1.807) is 12.1 Å². The summed E-state index contributed by atoms with van der Waals surface area (Å²) in [5, 5.41) is 0.192. The van der Waals surface area contributed by atoms with Gasteiger partial charge in [0.1, 0.15) is 5.82 Å². The summed E-state index contributed by atoms with van der Waals surface area (Å²) in [5.41, 5.74) is 4.71. The van der Waals surface area contributed by atoms with E-state index in [2.05, 4.69) is 37.3 Å². The molecule has 0 aromatic heterocycles.